The Bertz CT molecular complexity index is 1240. The van der Waals surface area contributed by atoms with E-state index in [9.17, 15) is 9.90 Å². The molecule has 0 aliphatic rings. The van der Waals surface area contributed by atoms with E-state index in [-0.39, 0.29) is 6.61 Å². The third kappa shape index (κ3) is 5.40. The highest BCUT2D eigenvalue weighted by atomic mass is 16.5. The van der Waals surface area contributed by atoms with Gasteiger partial charge in [0.25, 0.3) is 0 Å². The van der Waals surface area contributed by atoms with E-state index in [1.165, 1.54) is 0 Å². The molecule has 0 spiro atoms. The van der Waals surface area contributed by atoms with Gasteiger partial charge in [-0.25, -0.2) is 4.79 Å². The van der Waals surface area contributed by atoms with E-state index in [4.69, 9.17) is 4.74 Å². The van der Waals surface area contributed by atoms with Crippen molar-refractivity contribution < 1.29 is 14.6 Å². The molecule has 7 nitrogen and oxygen atoms in total. The number of ether oxygens (including phenoxy) is 1. The lowest BCUT2D eigenvalue weighted by Gasteiger charge is -2.17. The van der Waals surface area contributed by atoms with Gasteiger partial charge in [0, 0.05) is 46.8 Å². The number of nitrogens with one attached hydrogen (secondary N) is 2. The summed E-state index contributed by atoms with van der Waals surface area (Å²) >= 11 is 0. The molecule has 0 fully saturated rings. The molecule has 0 saturated heterocycles. The van der Waals surface area contributed by atoms with E-state index >= 15 is 0 Å². The van der Waals surface area contributed by atoms with Crippen LogP contribution in [-0.4, -0.2) is 38.8 Å². The van der Waals surface area contributed by atoms with Crippen molar-refractivity contribution in [2.24, 2.45) is 0 Å². The standard InChI is InChI=1S/C24H20N4O3/c29-24(30)28-20(12-19-14-27-23-4-2-1-3-22(19)23)16-31-21-11-18(13-26-15-21)6-5-17-7-9-25-10-8-17/h1-4,7-11,13-15,20,27-28H,12,16H2,(H,29,30)/t20-/m0/s1. The molecule has 0 aliphatic carbocycles. The van der Waals surface area contributed by atoms with Gasteiger partial charge in [-0.1, -0.05) is 30.0 Å². The largest absolute Gasteiger partial charge is 0.490 e. The molecule has 3 N–H and O–H groups in total. The van der Waals surface area contributed by atoms with Crippen molar-refractivity contribution in [1.82, 2.24) is 20.3 Å². The normalized spacial score (nSPS) is 11.4. The van der Waals surface area contributed by atoms with Gasteiger partial charge in [0.2, 0.25) is 0 Å². The molecule has 31 heavy (non-hydrogen) atoms. The number of pyridine rings is 2. The first-order valence-corrected chi connectivity index (χ1v) is 9.72. The van der Waals surface area contributed by atoms with Gasteiger partial charge in [0.1, 0.15) is 12.4 Å². The van der Waals surface area contributed by atoms with Crippen LogP contribution in [-0.2, 0) is 6.42 Å². The zero-order valence-electron chi connectivity index (χ0n) is 16.6. The fourth-order valence-electron chi connectivity index (χ4n) is 3.23. The molecule has 7 heteroatoms. The summed E-state index contributed by atoms with van der Waals surface area (Å²) in [5.41, 5.74) is 3.59. The quantitative estimate of drug-likeness (QED) is 0.420. The number of fused-ring (bicyclic) bond motifs is 1. The number of aromatic nitrogens is 3. The number of carboxylic acid groups (broad SMARTS) is 1. The van der Waals surface area contributed by atoms with Crippen LogP contribution in [0.1, 0.15) is 16.7 Å². The Morgan fingerprint density at radius 1 is 1.10 bits per heavy atom. The van der Waals surface area contributed by atoms with Gasteiger partial charge < -0.3 is 20.1 Å². The van der Waals surface area contributed by atoms with E-state index in [1.807, 2.05) is 42.6 Å². The van der Waals surface area contributed by atoms with Crippen LogP contribution in [0.2, 0.25) is 0 Å². The average Bonchev–Trinajstić information content (AvgIpc) is 3.20. The number of hydrogen-bond donors (Lipinski definition) is 3. The second-order valence-electron chi connectivity index (χ2n) is 6.92. The molecule has 0 saturated carbocycles. The van der Waals surface area contributed by atoms with Gasteiger partial charge >= 0.3 is 6.09 Å². The van der Waals surface area contributed by atoms with E-state index in [0.29, 0.717) is 17.7 Å². The summed E-state index contributed by atoms with van der Waals surface area (Å²) in [4.78, 5) is 22.6. The first kappa shape index (κ1) is 20.0. The Kier molecular flexibility index (Phi) is 6.10. The number of aromatic amines is 1. The highest BCUT2D eigenvalue weighted by Gasteiger charge is 2.16. The summed E-state index contributed by atoms with van der Waals surface area (Å²) in [6.07, 6.45) is 7.91. The summed E-state index contributed by atoms with van der Waals surface area (Å²) < 4.78 is 5.85. The van der Waals surface area contributed by atoms with Crippen LogP contribution < -0.4 is 10.1 Å². The molecule has 4 rings (SSSR count). The minimum Gasteiger partial charge on any atom is -0.490 e. The number of rotatable bonds is 6. The zero-order chi connectivity index (χ0) is 21.5. The van der Waals surface area contributed by atoms with Crippen molar-refractivity contribution >= 4 is 17.0 Å². The monoisotopic (exact) mass is 412 g/mol. The molecule has 1 aromatic carbocycles. The first-order chi connectivity index (χ1) is 15.2. The fraction of sp³-hybridized carbons (Fsp3) is 0.125. The van der Waals surface area contributed by atoms with Gasteiger partial charge in [0.05, 0.1) is 12.2 Å². The third-order valence-electron chi connectivity index (χ3n) is 4.66. The third-order valence-corrected chi connectivity index (χ3v) is 4.66. The Labute approximate surface area is 179 Å². The van der Waals surface area contributed by atoms with Crippen molar-refractivity contribution in [3.8, 4) is 17.6 Å². The number of nitrogens with zero attached hydrogens (tertiary/aromatic N) is 2. The molecule has 154 valence electrons. The minimum atomic E-state index is -1.09. The Balaban J connectivity index is 1.45. The van der Waals surface area contributed by atoms with Crippen LogP contribution in [0, 0.1) is 11.8 Å². The lowest BCUT2D eigenvalue weighted by Crippen LogP contribution is -2.39. The van der Waals surface area contributed by atoms with Gasteiger partial charge in [-0.05, 0) is 36.2 Å². The van der Waals surface area contributed by atoms with E-state index in [1.54, 1.807) is 30.9 Å². The Hall–Kier alpha value is -4.31. The molecular weight excluding hydrogens is 392 g/mol. The van der Waals surface area contributed by atoms with Crippen LogP contribution in [0.15, 0.2) is 73.4 Å². The number of H-pyrrole nitrogens is 1. The van der Waals surface area contributed by atoms with E-state index < -0.39 is 12.1 Å². The maximum atomic E-state index is 11.3. The van der Waals surface area contributed by atoms with Crippen LogP contribution in [0.5, 0.6) is 5.75 Å². The second kappa shape index (κ2) is 9.46. The fourth-order valence-corrected chi connectivity index (χ4v) is 3.23. The topological polar surface area (TPSA) is 100 Å². The Morgan fingerprint density at radius 2 is 1.90 bits per heavy atom. The summed E-state index contributed by atoms with van der Waals surface area (Å²) in [6, 6.07) is 12.9. The minimum absolute atomic E-state index is 0.161. The highest BCUT2D eigenvalue weighted by Crippen LogP contribution is 2.19. The summed E-state index contributed by atoms with van der Waals surface area (Å²) in [7, 11) is 0. The summed E-state index contributed by atoms with van der Waals surface area (Å²) in [5, 5.41) is 12.8. The SMILES string of the molecule is O=C(O)N[C@H](COc1cncc(C#Cc2ccncc2)c1)Cc1c[nH]c2ccccc12. The molecule has 0 unspecified atom stereocenters. The van der Waals surface area contributed by atoms with Crippen LogP contribution in [0.25, 0.3) is 10.9 Å². The van der Waals surface area contributed by atoms with Crippen molar-refractivity contribution in [2.75, 3.05) is 6.61 Å². The lowest BCUT2D eigenvalue weighted by atomic mass is 10.1. The molecule has 0 aliphatic heterocycles. The number of hydrogen-bond acceptors (Lipinski definition) is 4. The van der Waals surface area contributed by atoms with Gasteiger partial charge in [0.15, 0.2) is 0 Å². The summed E-state index contributed by atoms with van der Waals surface area (Å²) in [5.74, 6) is 6.62. The highest BCUT2D eigenvalue weighted by molar-refractivity contribution is 5.83. The molecule has 1 amide bonds. The predicted octanol–water partition coefficient (Wildman–Crippen LogP) is 3.62. The number of benzene rings is 1. The van der Waals surface area contributed by atoms with Crippen molar-refractivity contribution in [1.29, 1.82) is 0 Å². The van der Waals surface area contributed by atoms with E-state index in [0.717, 1.165) is 22.0 Å². The molecule has 0 radical (unpaired) electrons. The van der Waals surface area contributed by atoms with Crippen LogP contribution in [0.4, 0.5) is 4.79 Å². The molecule has 0 bridgehead atoms. The lowest BCUT2D eigenvalue weighted by molar-refractivity contribution is 0.181. The Morgan fingerprint density at radius 3 is 2.74 bits per heavy atom. The smallest absolute Gasteiger partial charge is 0.405 e. The van der Waals surface area contributed by atoms with Crippen LogP contribution in [0.3, 0.4) is 0 Å². The number of carbonyl (C=O) groups is 1. The predicted molar refractivity (Wildman–Crippen MR) is 117 cm³/mol. The average molecular weight is 412 g/mol. The van der Waals surface area contributed by atoms with Crippen LogP contribution >= 0.6 is 0 Å². The maximum absolute atomic E-state index is 11.3. The summed E-state index contributed by atoms with van der Waals surface area (Å²) in [6.45, 7) is 0.161. The molecule has 3 heterocycles. The zero-order valence-corrected chi connectivity index (χ0v) is 16.6. The first-order valence-electron chi connectivity index (χ1n) is 9.72. The number of para-hydroxylation sites is 1. The maximum Gasteiger partial charge on any atom is 0.405 e. The molecule has 1 atom stereocenters. The van der Waals surface area contributed by atoms with Gasteiger partial charge in [-0.2, -0.15) is 0 Å². The molecular formula is C24H20N4O3. The number of amides is 1. The molecule has 4 aromatic rings. The van der Waals surface area contributed by atoms with E-state index in [2.05, 4.69) is 32.1 Å². The second-order valence-corrected chi connectivity index (χ2v) is 6.92. The van der Waals surface area contributed by atoms with Gasteiger partial charge in [-0.3, -0.25) is 9.97 Å². The van der Waals surface area contributed by atoms with Crippen molar-refractivity contribution in [2.45, 2.75) is 12.5 Å². The van der Waals surface area contributed by atoms with Gasteiger partial charge in [-0.15, -0.1) is 0 Å². The van der Waals surface area contributed by atoms with Crippen molar-refractivity contribution in [3.63, 3.8) is 0 Å². The molecule has 3 aromatic heterocycles. The van der Waals surface area contributed by atoms with Crippen molar-refractivity contribution in [3.05, 3.63) is 90.1 Å².